The zero-order chi connectivity index (χ0) is 13.3. The van der Waals surface area contributed by atoms with Crippen molar-refractivity contribution in [1.82, 2.24) is 0 Å². The quantitative estimate of drug-likeness (QED) is 0.223. The van der Waals surface area contributed by atoms with E-state index >= 15 is 0 Å². The van der Waals surface area contributed by atoms with Crippen molar-refractivity contribution in [2.24, 2.45) is 0 Å². The molecule has 0 aromatic carbocycles. The number of rotatable bonds is 3. The van der Waals surface area contributed by atoms with Crippen LogP contribution in [0.15, 0.2) is 0 Å². The molecule has 0 aliphatic heterocycles. The molecule has 16 heavy (non-hydrogen) atoms. The van der Waals surface area contributed by atoms with Gasteiger partial charge in [0.2, 0.25) is 10.5 Å². The monoisotopic (exact) mass is 773 g/mol. The van der Waals surface area contributed by atoms with Gasteiger partial charge >= 0.3 is 78.1 Å². The molecule has 100 valence electrons. The van der Waals surface area contributed by atoms with Gasteiger partial charge in [-0.15, -0.1) is 23.5 Å². The second-order valence-electron chi connectivity index (χ2n) is 2.88. The molecule has 1 rings (SSSR count). The Morgan fingerprint density at radius 2 is 1.06 bits per heavy atom. The molecule has 0 bridgehead atoms. The Labute approximate surface area is 144 Å². The molecule has 1 fully saturated rings. The zero-order valence-electron chi connectivity index (χ0n) is 8.59. The van der Waals surface area contributed by atoms with Crippen molar-refractivity contribution in [2.75, 3.05) is 18.8 Å². The van der Waals surface area contributed by atoms with Crippen LogP contribution in [0.2, 0.25) is 0 Å². The van der Waals surface area contributed by atoms with Crippen LogP contribution in [0.5, 0.6) is 0 Å². The summed E-state index contributed by atoms with van der Waals surface area (Å²) in [4.78, 5) is 0. The molecule has 0 amide bonds. The summed E-state index contributed by atoms with van der Waals surface area (Å²) >= 11 is 26.1. The molecular formula is C6H11Br6S3Sb. The third-order valence-corrected chi connectivity index (χ3v) is 4.99. The SMILES string of the molecule is CS[C+]1C(SC)C1SC.[Br][Sb-]([Br])([Br])([Br])([Br])[Br]. The third-order valence-electron chi connectivity index (χ3n) is 1.47. The summed E-state index contributed by atoms with van der Waals surface area (Å²) in [6.07, 6.45) is 6.56. The number of hydrogen-bond donors (Lipinski definition) is 0. The van der Waals surface area contributed by atoms with E-state index < -0.39 is 2.49 Å². The molecule has 0 heterocycles. The molecule has 1 aliphatic rings. The van der Waals surface area contributed by atoms with Crippen LogP contribution in [-0.2, 0) is 0 Å². The predicted molar refractivity (Wildman–Crippen MR) is 111 cm³/mol. The van der Waals surface area contributed by atoms with Gasteiger partial charge in [0.15, 0.2) is 5.25 Å². The van der Waals surface area contributed by atoms with Crippen LogP contribution in [0, 0.1) is 5.25 Å². The Kier molecular flexibility index (Phi) is 8.77. The normalized spacial score (nSPS) is 28.7. The average molecular weight is 781 g/mol. The van der Waals surface area contributed by atoms with E-state index in [0.717, 1.165) is 10.5 Å². The molecule has 0 spiro atoms. The average Bonchev–Trinajstić information content (AvgIpc) is 2.70. The number of thioether (sulfide) groups is 3. The Balaban J connectivity index is 0.000000293. The van der Waals surface area contributed by atoms with Crippen molar-refractivity contribution < 1.29 is 0 Å². The second kappa shape index (κ2) is 6.80. The minimum absolute atomic E-state index is 0.856. The fourth-order valence-electron chi connectivity index (χ4n) is 0.908. The van der Waals surface area contributed by atoms with Crippen molar-refractivity contribution in [3.05, 3.63) is 5.25 Å². The fourth-order valence-corrected chi connectivity index (χ4v) is 5.04. The maximum absolute atomic E-state index is 3.38. The van der Waals surface area contributed by atoms with Gasteiger partial charge in [-0.1, -0.05) is 0 Å². The molecule has 2 unspecified atom stereocenters. The first kappa shape index (κ1) is 20.6. The van der Waals surface area contributed by atoms with E-state index in [1.165, 1.54) is 0 Å². The van der Waals surface area contributed by atoms with Crippen LogP contribution in [0.1, 0.15) is 0 Å². The van der Waals surface area contributed by atoms with Crippen molar-refractivity contribution in [3.8, 4) is 0 Å². The molecule has 1 saturated carbocycles. The van der Waals surface area contributed by atoms with Gasteiger partial charge in [-0.2, -0.15) is 0 Å². The zero-order valence-corrected chi connectivity index (χ0v) is 23.1. The fraction of sp³-hybridized carbons (Fsp3) is 0.833. The van der Waals surface area contributed by atoms with Gasteiger partial charge < -0.3 is 0 Å². The van der Waals surface area contributed by atoms with Crippen LogP contribution in [0.25, 0.3) is 0 Å². The van der Waals surface area contributed by atoms with Crippen LogP contribution in [0.4, 0.5) is 0 Å². The topological polar surface area (TPSA) is 0 Å². The maximum atomic E-state index is 3.36. The number of hydrogen-bond acceptors (Lipinski definition) is 3. The predicted octanol–water partition coefficient (Wildman–Crippen LogP) is 7.05. The summed E-state index contributed by atoms with van der Waals surface area (Å²) in [7, 11) is 0. The minimum atomic E-state index is -3.38. The molecule has 2 atom stereocenters. The third kappa shape index (κ3) is 13.6. The Morgan fingerprint density at radius 3 is 1.12 bits per heavy atom. The first-order chi connectivity index (χ1) is 6.80. The summed E-state index contributed by atoms with van der Waals surface area (Å²) in [6, 6.07) is 0. The number of halogens is 6. The van der Waals surface area contributed by atoms with Crippen molar-refractivity contribution in [1.29, 1.82) is 0 Å². The van der Waals surface area contributed by atoms with Crippen LogP contribution in [-0.4, -0.2) is 31.8 Å². The second-order valence-corrected chi connectivity index (χ2v) is 178. The van der Waals surface area contributed by atoms with Gasteiger partial charge in [-0.05, 0) is 12.5 Å². The molecular weight excluding hydrogens is 769 g/mol. The Hall–Kier alpha value is 4.62. The summed E-state index contributed by atoms with van der Waals surface area (Å²) < 4.78 is -3.38. The Morgan fingerprint density at radius 1 is 0.812 bits per heavy atom. The summed E-state index contributed by atoms with van der Waals surface area (Å²) in [5.41, 5.74) is 0. The van der Waals surface area contributed by atoms with E-state index in [1.807, 2.05) is 35.3 Å². The summed E-state index contributed by atoms with van der Waals surface area (Å²) in [6.45, 7) is 0. The Bertz CT molecular complexity index is 201. The molecule has 0 nitrogen and oxygen atoms in total. The van der Waals surface area contributed by atoms with E-state index in [-0.39, 0.29) is 0 Å². The van der Waals surface area contributed by atoms with Crippen molar-refractivity contribution >= 4 is 113 Å². The molecule has 0 aromatic rings. The van der Waals surface area contributed by atoms with Crippen molar-refractivity contribution in [3.63, 3.8) is 0 Å². The van der Waals surface area contributed by atoms with E-state index in [4.69, 9.17) is 0 Å². The molecule has 0 radical (unpaired) electrons. The van der Waals surface area contributed by atoms with E-state index in [0.29, 0.717) is 0 Å². The summed E-state index contributed by atoms with van der Waals surface area (Å²) in [5, 5.41) is 3.39. The molecule has 1 aliphatic carbocycles. The first-order valence-electron chi connectivity index (χ1n) is 3.83. The van der Waals surface area contributed by atoms with Crippen LogP contribution in [0.3, 0.4) is 0 Å². The van der Waals surface area contributed by atoms with Crippen LogP contribution < -0.4 is 0 Å². The van der Waals surface area contributed by atoms with Gasteiger partial charge in [0.1, 0.15) is 0 Å². The van der Waals surface area contributed by atoms with E-state index in [1.54, 1.807) is 5.25 Å². The molecule has 0 saturated heterocycles. The van der Waals surface area contributed by atoms with E-state index in [9.17, 15) is 0 Å². The molecule has 0 N–H and O–H groups in total. The first-order valence-corrected chi connectivity index (χ1v) is 42.0. The summed E-state index contributed by atoms with van der Waals surface area (Å²) in [5.74, 6) is 0. The molecule has 0 aromatic heterocycles. The van der Waals surface area contributed by atoms with Gasteiger partial charge in [0, 0.05) is 6.26 Å². The molecule has 10 heteroatoms. The van der Waals surface area contributed by atoms with E-state index in [2.05, 4.69) is 94.3 Å². The van der Waals surface area contributed by atoms with Gasteiger partial charge in [0.25, 0.3) is 0 Å². The van der Waals surface area contributed by atoms with Crippen LogP contribution >= 0.6 is 111 Å². The van der Waals surface area contributed by atoms with Gasteiger partial charge in [-0.25, -0.2) is 0 Å². The van der Waals surface area contributed by atoms with Gasteiger partial charge in [0.05, 0.1) is 11.8 Å². The van der Waals surface area contributed by atoms with Gasteiger partial charge in [-0.3, -0.25) is 0 Å². The standard InChI is InChI=1S/C6H11S3.6BrH.Sb/c1-7-4-5(8-2)6(4)9-3;;;;;;;/h4-5H,1-3H3;6*1H;/q+1;;;;;;;+5/p-6. The van der Waals surface area contributed by atoms with Crippen molar-refractivity contribution in [2.45, 2.75) is 10.5 Å².